The molecule has 0 aliphatic carbocycles. The van der Waals surface area contributed by atoms with Crippen LogP contribution in [0.1, 0.15) is 22.8 Å². The topological polar surface area (TPSA) is 78.4 Å². The lowest BCUT2D eigenvalue weighted by molar-refractivity contribution is 0.0698. The maximum absolute atomic E-state index is 11.4. The molecule has 0 spiro atoms. The van der Waals surface area contributed by atoms with Crippen LogP contribution >= 0.6 is 0 Å². The smallest absolute Gasteiger partial charge is 0.337 e. The quantitative estimate of drug-likeness (QED) is 0.688. The van der Waals surface area contributed by atoms with Gasteiger partial charge >= 0.3 is 5.97 Å². The molecule has 26 heavy (non-hydrogen) atoms. The number of rotatable bonds is 6. The van der Waals surface area contributed by atoms with Crippen LogP contribution in [0.5, 0.6) is 0 Å². The van der Waals surface area contributed by atoms with E-state index in [2.05, 4.69) is 33.2 Å². The average Bonchev–Trinajstić information content (AvgIpc) is 2.63. The minimum absolute atomic E-state index is 0.193. The third-order valence-corrected chi connectivity index (χ3v) is 3.98. The van der Waals surface area contributed by atoms with Gasteiger partial charge in [0.25, 0.3) is 0 Å². The molecule has 0 amide bonds. The summed E-state index contributed by atoms with van der Waals surface area (Å²) < 4.78 is 0. The fourth-order valence-corrected chi connectivity index (χ4v) is 2.75. The van der Waals surface area contributed by atoms with Crippen molar-refractivity contribution >= 4 is 29.0 Å². The molecule has 2 aromatic carbocycles. The zero-order valence-electron chi connectivity index (χ0n) is 14.7. The molecule has 0 atom stereocenters. The predicted molar refractivity (Wildman–Crippen MR) is 103 cm³/mol. The summed E-state index contributed by atoms with van der Waals surface area (Å²) in [5.74, 6) is 0.288. The van der Waals surface area contributed by atoms with Gasteiger partial charge in [0, 0.05) is 18.3 Å². The van der Waals surface area contributed by atoms with Crippen LogP contribution in [-0.4, -0.2) is 27.6 Å². The predicted octanol–water partition coefficient (Wildman–Crippen LogP) is 4.38. The van der Waals surface area contributed by atoms with Gasteiger partial charge in [0.2, 0.25) is 0 Å². The fourth-order valence-electron chi connectivity index (χ4n) is 2.75. The molecular formula is C20H20N4O2. The van der Waals surface area contributed by atoms with Gasteiger partial charge in [-0.25, -0.2) is 14.8 Å². The van der Waals surface area contributed by atoms with E-state index >= 15 is 0 Å². The Morgan fingerprint density at radius 1 is 1.12 bits per heavy atom. The monoisotopic (exact) mass is 348 g/mol. The van der Waals surface area contributed by atoms with Crippen LogP contribution in [0.3, 0.4) is 0 Å². The Labute approximate surface area is 152 Å². The van der Waals surface area contributed by atoms with Crippen molar-refractivity contribution in [2.24, 2.45) is 0 Å². The number of hydrogen-bond acceptors (Lipinski definition) is 5. The highest BCUT2D eigenvalue weighted by Crippen LogP contribution is 2.27. The molecule has 0 fully saturated rings. The largest absolute Gasteiger partial charge is 0.478 e. The molecular weight excluding hydrogens is 328 g/mol. The number of aryl methyl sites for hydroxylation is 1. The summed E-state index contributed by atoms with van der Waals surface area (Å²) in [7, 11) is 0. The minimum atomic E-state index is -0.989. The average molecular weight is 348 g/mol. The lowest BCUT2D eigenvalue weighted by atomic mass is 10.2. The highest BCUT2D eigenvalue weighted by Gasteiger charge is 2.12. The van der Waals surface area contributed by atoms with E-state index in [-0.39, 0.29) is 5.56 Å². The van der Waals surface area contributed by atoms with Crippen LogP contribution in [0.15, 0.2) is 60.9 Å². The van der Waals surface area contributed by atoms with Gasteiger partial charge in [-0.3, -0.25) is 0 Å². The van der Waals surface area contributed by atoms with Gasteiger partial charge in [-0.2, -0.15) is 0 Å². The molecule has 0 saturated carbocycles. The fraction of sp³-hybridized carbons (Fsp3) is 0.150. The molecule has 3 rings (SSSR count). The van der Waals surface area contributed by atoms with E-state index in [0.717, 1.165) is 18.1 Å². The lowest BCUT2D eigenvalue weighted by Gasteiger charge is -2.23. The molecule has 3 aromatic rings. The molecule has 0 radical (unpaired) electrons. The first-order valence-corrected chi connectivity index (χ1v) is 8.34. The Kier molecular flexibility index (Phi) is 5.12. The van der Waals surface area contributed by atoms with E-state index in [1.807, 2.05) is 31.2 Å². The van der Waals surface area contributed by atoms with Crippen LogP contribution in [0.2, 0.25) is 0 Å². The number of carboxylic acids is 1. The molecule has 132 valence electrons. The second-order valence-electron chi connectivity index (χ2n) is 5.82. The van der Waals surface area contributed by atoms with E-state index in [1.165, 1.54) is 11.9 Å². The van der Waals surface area contributed by atoms with E-state index < -0.39 is 5.97 Å². The summed E-state index contributed by atoms with van der Waals surface area (Å²) in [6.45, 7) is 4.84. The SMILES string of the molecule is CCN(c1cccc(C)c1)c1cc(Nc2ccccc2C(=O)O)ncn1. The van der Waals surface area contributed by atoms with Crippen molar-refractivity contribution < 1.29 is 9.90 Å². The van der Waals surface area contributed by atoms with Gasteiger partial charge in [0.05, 0.1) is 11.3 Å². The molecule has 0 aliphatic rings. The standard InChI is InChI=1S/C20H20N4O2/c1-3-24(15-8-6-7-14(2)11-15)19-12-18(21-13-22-19)23-17-10-5-4-9-16(17)20(25)26/h4-13H,3H2,1-2H3,(H,25,26)(H,21,22,23). The maximum atomic E-state index is 11.4. The van der Waals surface area contributed by atoms with E-state index in [0.29, 0.717) is 11.5 Å². The summed E-state index contributed by atoms with van der Waals surface area (Å²) in [6.07, 6.45) is 1.47. The first-order chi connectivity index (χ1) is 12.6. The number of hydrogen-bond donors (Lipinski definition) is 2. The number of aromatic nitrogens is 2. The van der Waals surface area contributed by atoms with Crippen LogP contribution in [0.4, 0.5) is 23.0 Å². The van der Waals surface area contributed by atoms with Crippen molar-refractivity contribution in [2.45, 2.75) is 13.8 Å². The number of nitrogens with one attached hydrogen (secondary N) is 1. The van der Waals surface area contributed by atoms with Crippen LogP contribution in [-0.2, 0) is 0 Å². The second-order valence-corrected chi connectivity index (χ2v) is 5.82. The molecule has 6 nitrogen and oxygen atoms in total. The van der Waals surface area contributed by atoms with Gasteiger partial charge in [-0.1, -0.05) is 24.3 Å². The van der Waals surface area contributed by atoms with Crippen molar-refractivity contribution in [3.8, 4) is 0 Å². The van der Waals surface area contributed by atoms with E-state index in [9.17, 15) is 9.90 Å². The number of anilines is 4. The Bertz CT molecular complexity index is 927. The summed E-state index contributed by atoms with van der Waals surface area (Å²) in [5, 5.41) is 12.4. The first kappa shape index (κ1) is 17.4. The normalized spacial score (nSPS) is 10.4. The lowest BCUT2D eigenvalue weighted by Crippen LogP contribution is -2.17. The van der Waals surface area contributed by atoms with Gasteiger partial charge in [-0.05, 0) is 43.7 Å². The molecule has 0 aliphatic heterocycles. The number of aromatic carboxylic acids is 1. The summed E-state index contributed by atoms with van der Waals surface area (Å²) in [6, 6.07) is 16.7. The summed E-state index contributed by atoms with van der Waals surface area (Å²) in [5.41, 5.74) is 2.90. The number of carbonyl (C=O) groups is 1. The number of para-hydroxylation sites is 1. The van der Waals surface area contributed by atoms with Gasteiger partial charge < -0.3 is 15.3 Å². The zero-order chi connectivity index (χ0) is 18.5. The summed E-state index contributed by atoms with van der Waals surface area (Å²) >= 11 is 0. The second kappa shape index (κ2) is 7.65. The summed E-state index contributed by atoms with van der Waals surface area (Å²) in [4.78, 5) is 22.0. The van der Waals surface area contributed by atoms with Crippen molar-refractivity contribution in [1.29, 1.82) is 0 Å². The first-order valence-electron chi connectivity index (χ1n) is 8.34. The molecule has 1 heterocycles. The molecule has 1 aromatic heterocycles. The van der Waals surface area contributed by atoms with Crippen molar-refractivity contribution in [2.75, 3.05) is 16.8 Å². The Balaban J connectivity index is 1.92. The highest BCUT2D eigenvalue weighted by atomic mass is 16.4. The molecule has 0 saturated heterocycles. The maximum Gasteiger partial charge on any atom is 0.337 e. The Morgan fingerprint density at radius 2 is 1.92 bits per heavy atom. The molecule has 0 bridgehead atoms. The third kappa shape index (κ3) is 3.80. The van der Waals surface area contributed by atoms with Crippen molar-refractivity contribution in [3.05, 3.63) is 72.1 Å². The van der Waals surface area contributed by atoms with Gasteiger partial charge in [0.15, 0.2) is 0 Å². The molecule has 6 heteroatoms. The molecule has 0 unspecified atom stereocenters. The number of carboxylic acid groups (broad SMARTS) is 1. The van der Waals surface area contributed by atoms with Crippen LogP contribution in [0, 0.1) is 6.92 Å². The Hall–Kier alpha value is -3.41. The zero-order valence-corrected chi connectivity index (χ0v) is 14.7. The minimum Gasteiger partial charge on any atom is -0.478 e. The van der Waals surface area contributed by atoms with Crippen LogP contribution in [0.25, 0.3) is 0 Å². The molecule has 2 N–H and O–H groups in total. The van der Waals surface area contributed by atoms with Crippen molar-refractivity contribution in [1.82, 2.24) is 9.97 Å². The Morgan fingerprint density at radius 3 is 2.65 bits per heavy atom. The van der Waals surface area contributed by atoms with Crippen LogP contribution < -0.4 is 10.2 Å². The highest BCUT2D eigenvalue weighted by molar-refractivity contribution is 5.95. The van der Waals surface area contributed by atoms with Crippen molar-refractivity contribution in [3.63, 3.8) is 0 Å². The third-order valence-electron chi connectivity index (χ3n) is 3.98. The van der Waals surface area contributed by atoms with E-state index in [1.54, 1.807) is 24.3 Å². The van der Waals surface area contributed by atoms with Gasteiger partial charge in [-0.15, -0.1) is 0 Å². The van der Waals surface area contributed by atoms with Gasteiger partial charge in [0.1, 0.15) is 18.0 Å². The number of nitrogens with zero attached hydrogens (tertiary/aromatic N) is 3. The number of benzene rings is 2. The van der Waals surface area contributed by atoms with E-state index in [4.69, 9.17) is 0 Å².